The van der Waals surface area contributed by atoms with E-state index < -0.39 is 27.7 Å². The van der Waals surface area contributed by atoms with Crippen LogP contribution in [0.25, 0.3) is 0 Å². The number of carbonyl (C=O) groups is 1. The minimum Gasteiger partial charge on any atom is -0.494 e. The number of alkyl halides is 3. The predicted octanol–water partition coefficient (Wildman–Crippen LogP) is 4.92. The highest BCUT2D eigenvalue weighted by Crippen LogP contribution is 2.31. The van der Waals surface area contributed by atoms with E-state index in [1.165, 1.54) is 30.3 Å². The van der Waals surface area contributed by atoms with Crippen molar-refractivity contribution < 1.29 is 35.9 Å². The van der Waals surface area contributed by atoms with Crippen LogP contribution in [0.3, 0.4) is 0 Å². The summed E-state index contributed by atoms with van der Waals surface area (Å²) in [6, 6.07) is 15.8. The van der Waals surface area contributed by atoms with Crippen molar-refractivity contribution in [3.63, 3.8) is 0 Å². The summed E-state index contributed by atoms with van der Waals surface area (Å²) >= 11 is 0. The van der Waals surface area contributed by atoms with E-state index in [1.54, 1.807) is 24.3 Å². The molecule has 7 nitrogen and oxygen atoms in total. The fourth-order valence-electron chi connectivity index (χ4n) is 2.84. The van der Waals surface area contributed by atoms with E-state index in [4.69, 9.17) is 9.47 Å². The van der Waals surface area contributed by atoms with Gasteiger partial charge < -0.3 is 14.8 Å². The highest BCUT2D eigenvalue weighted by Gasteiger charge is 2.30. The number of halogens is 3. The molecule has 0 aliphatic carbocycles. The fourth-order valence-corrected chi connectivity index (χ4v) is 3.88. The van der Waals surface area contributed by atoms with E-state index in [-0.39, 0.29) is 22.9 Å². The summed E-state index contributed by atoms with van der Waals surface area (Å²) in [4.78, 5) is 11.9. The number of hydrogen-bond acceptors (Lipinski definition) is 5. The van der Waals surface area contributed by atoms with Crippen molar-refractivity contribution in [2.24, 2.45) is 0 Å². The Kier molecular flexibility index (Phi) is 7.67. The van der Waals surface area contributed by atoms with Crippen LogP contribution in [0.2, 0.25) is 0 Å². The second-order valence-electron chi connectivity index (χ2n) is 6.95. The number of sulfonamides is 1. The maximum Gasteiger partial charge on any atom is 0.416 e. The van der Waals surface area contributed by atoms with Crippen LogP contribution < -0.4 is 19.5 Å². The first-order valence-electron chi connectivity index (χ1n) is 10.0. The van der Waals surface area contributed by atoms with Crippen molar-refractivity contribution >= 4 is 27.3 Å². The molecule has 34 heavy (non-hydrogen) atoms. The van der Waals surface area contributed by atoms with Crippen molar-refractivity contribution in [1.82, 2.24) is 0 Å². The summed E-state index contributed by atoms with van der Waals surface area (Å²) in [5.41, 5.74) is -0.639. The lowest BCUT2D eigenvalue weighted by Crippen LogP contribution is -2.20. The fraction of sp³-hybridized carbons (Fsp3) is 0.174. The molecule has 0 saturated heterocycles. The summed E-state index contributed by atoms with van der Waals surface area (Å²) in [7, 11) is -4.13. The van der Waals surface area contributed by atoms with Crippen molar-refractivity contribution in [1.29, 1.82) is 0 Å². The van der Waals surface area contributed by atoms with Gasteiger partial charge in [0, 0.05) is 11.4 Å². The molecule has 3 rings (SSSR count). The zero-order chi connectivity index (χ0) is 24.8. The minimum atomic E-state index is -4.60. The second-order valence-corrected chi connectivity index (χ2v) is 8.63. The van der Waals surface area contributed by atoms with E-state index in [0.29, 0.717) is 24.1 Å². The second kappa shape index (κ2) is 10.5. The normalized spacial score (nSPS) is 11.5. The summed E-state index contributed by atoms with van der Waals surface area (Å²) < 4.78 is 76.3. The monoisotopic (exact) mass is 494 g/mol. The van der Waals surface area contributed by atoms with E-state index in [9.17, 15) is 26.4 Å². The van der Waals surface area contributed by atoms with E-state index in [2.05, 4.69) is 10.0 Å². The minimum absolute atomic E-state index is 0.184. The van der Waals surface area contributed by atoms with Crippen molar-refractivity contribution in [3.8, 4) is 11.5 Å². The number of hydrogen-bond donors (Lipinski definition) is 2. The molecule has 180 valence electrons. The van der Waals surface area contributed by atoms with Gasteiger partial charge in [0.15, 0.2) is 6.61 Å². The molecule has 0 unspecified atom stereocenters. The maximum atomic E-state index is 12.8. The lowest BCUT2D eigenvalue weighted by Gasteiger charge is -2.12. The molecule has 0 bridgehead atoms. The molecule has 11 heteroatoms. The molecule has 0 saturated carbocycles. The van der Waals surface area contributed by atoms with Crippen LogP contribution in [0.1, 0.15) is 12.5 Å². The SMILES string of the molecule is CCOc1ccc(NC(=O)COc2ccc(S(=O)(=O)Nc3cccc(C(F)(F)F)c3)cc2)cc1. The smallest absolute Gasteiger partial charge is 0.416 e. The third-order valence-electron chi connectivity index (χ3n) is 4.40. The number of carbonyl (C=O) groups excluding carboxylic acids is 1. The van der Waals surface area contributed by atoms with E-state index >= 15 is 0 Å². The summed E-state index contributed by atoms with van der Waals surface area (Å²) in [5, 5.41) is 2.65. The molecule has 0 radical (unpaired) electrons. The molecule has 0 aromatic heterocycles. The molecule has 3 aromatic rings. The predicted molar refractivity (Wildman–Crippen MR) is 120 cm³/mol. The molecular weight excluding hydrogens is 473 g/mol. The Morgan fingerprint density at radius 3 is 2.12 bits per heavy atom. The Bertz CT molecular complexity index is 1230. The maximum absolute atomic E-state index is 12.8. The van der Waals surface area contributed by atoms with Crippen LogP contribution in [-0.2, 0) is 21.0 Å². The van der Waals surface area contributed by atoms with Gasteiger partial charge in [-0.2, -0.15) is 13.2 Å². The van der Waals surface area contributed by atoms with Gasteiger partial charge in [0.25, 0.3) is 15.9 Å². The lowest BCUT2D eigenvalue weighted by atomic mass is 10.2. The first-order chi connectivity index (χ1) is 16.1. The molecule has 0 fully saturated rings. The van der Waals surface area contributed by atoms with Gasteiger partial charge in [0.2, 0.25) is 0 Å². The highest BCUT2D eigenvalue weighted by molar-refractivity contribution is 7.92. The number of rotatable bonds is 9. The quantitative estimate of drug-likeness (QED) is 0.440. The van der Waals surface area contributed by atoms with Gasteiger partial charge >= 0.3 is 6.18 Å². The Morgan fingerprint density at radius 2 is 1.50 bits per heavy atom. The van der Waals surface area contributed by atoms with Gasteiger partial charge in [0.05, 0.1) is 17.1 Å². The highest BCUT2D eigenvalue weighted by atomic mass is 32.2. The molecule has 2 N–H and O–H groups in total. The van der Waals surface area contributed by atoms with Crippen molar-refractivity contribution in [2.75, 3.05) is 23.3 Å². The van der Waals surface area contributed by atoms with Gasteiger partial charge in [-0.25, -0.2) is 8.42 Å². The molecule has 0 atom stereocenters. The summed E-state index contributed by atoms with van der Waals surface area (Å²) in [5.74, 6) is 0.487. The zero-order valence-electron chi connectivity index (χ0n) is 17.9. The van der Waals surface area contributed by atoms with Gasteiger partial charge in [0.1, 0.15) is 11.5 Å². The van der Waals surface area contributed by atoms with Crippen LogP contribution in [0.15, 0.2) is 77.7 Å². The molecule has 0 aliphatic heterocycles. The largest absolute Gasteiger partial charge is 0.494 e. The topological polar surface area (TPSA) is 93.7 Å². The summed E-state index contributed by atoms with van der Waals surface area (Å²) in [6.45, 7) is 2.07. The molecule has 1 amide bonds. The number of anilines is 2. The molecule has 3 aromatic carbocycles. The number of amides is 1. The third-order valence-corrected chi connectivity index (χ3v) is 5.79. The Balaban J connectivity index is 1.57. The van der Waals surface area contributed by atoms with Gasteiger partial charge in [-0.3, -0.25) is 9.52 Å². The Morgan fingerprint density at radius 1 is 0.882 bits per heavy atom. The van der Waals surface area contributed by atoms with E-state index in [0.717, 1.165) is 12.1 Å². The van der Waals surface area contributed by atoms with E-state index in [1.807, 2.05) is 6.92 Å². The van der Waals surface area contributed by atoms with Gasteiger partial charge in [-0.15, -0.1) is 0 Å². The zero-order valence-corrected chi connectivity index (χ0v) is 18.7. The van der Waals surface area contributed by atoms with Crippen LogP contribution in [0.4, 0.5) is 24.5 Å². The van der Waals surface area contributed by atoms with Gasteiger partial charge in [-0.1, -0.05) is 6.07 Å². The van der Waals surface area contributed by atoms with Crippen molar-refractivity contribution in [3.05, 3.63) is 78.4 Å². The first-order valence-corrected chi connectivity index (χ1v) is 11.5. The molecule has 0 aliphatic rings. The molecular formula is C23H21F3N2O5S. The average Bonchev–Trinajstić information content (AvgIpc) is 2.79. The van der Waals surface area contributed by atoms with Crippen LogP contribution >= 0.6 is 0 Å². The Hall–Kier alpha value is -3.73. The van der Waals surface area contributed by atoms with Crippen LogP contribution in [0, 0.1) is 0 Å². The summed E-state index contributed by atoms with van der Waals surface area (Å²) in [6.07, 6.45) is -4.60. The standard InChI is InChI=1S/C23H21F3N2O5S/c1-2-32-19-8-6-17(7-9-19)27-22(29)15-33-20-10-12-21(13-11-20)34(30,31)28-18-5-3-4-16(14-18)23(24,25)26/h3-14,28H,2,15H2,1H3,(H,27,29). The molecule has 0 heterocycles. The number of benzene rings is 3. The molecule has 0 spiro atoms. The number of ether oxygens (including phenoxy) is 2. The third kappa shape index (κ3) is 6.88. The lowest BCUT2D eigenvalue weighted by molar-refractivity contribution is -0.137. The number of nitrogens with one attached hydrogen (secondary N) is 2. The Labute approximate surface area is 194 Å². The van der Waals surface area contributed by atoms with Gasteiger partial charge in [-0.05, 0) is 73.7 Å². The average molecular weight is 494 g/mol. The van der Waals surface area contributed by atoms with Crippen LogP contribution in [-0.4, -0.2) is 27.5 Å². The van der Waals surface area contributed by atoms with Crippen molar-refractivity contribution in [2.45, 2.75) is 18.0 Å². The van der Waals surface area contributed by atoms with Crippen LogP contribution in [0.5, 0.6) is 11.5 Å². The first kappa shape index (κ1) is 24.9.